The predicted molar refractivity (Wildman–Crippen MR) is 108 cm³/mol. The number of cyclic esters (lactones) is 1. The van der Waals surface area contributed by atoms with Crippen molar-refractivity contribution in [3.05, 3.63) is 42.1 Å². The minimum absolute atomic E-state index is 0.168. The summed E-state index contributed by atoms with van der Waals surface area (Å²) >= 11 is 0. The molecule has 1 aromatic carbocycles. The monoisotopic (exact) mass is 421 g/mol. The van der Waals surface area contributed by atoms with Gasteiger partial charge in [-0.3, -0.25) is 9.88 Å². The Bertz CT molecular complexity index is 1160. The molecule has 2 aliphatic rings. The largest absolute Gasteiger partial charge is 0.453 e. The van der Waals surface area contributed by atoms with Crippen LogP contribution in [-0.2, 0) is 22.9 Å². The number of ether oxygens (including phenoxy) is 2. The second kappa shape index (κ2) is 7.35. The number of alkyl carbamates (subject to hydrolysis) is 1. The van der Waals surface area contributed by atoms with Crippen molar-refractivity contribution in [1.29, 1.82) is 0 Å². The van der Waals surface area contributed by atoms with Gasteiger partial charge in [0, 0.05) is 18.8 Å². The summed E-state index contributed by atoms with van der Waals surface area (Å²) in [5.41, 5.74) is 4.49. The number of pyridine rings is 1. The fourth-order valence-electron chi connectivity index (χ4n) is 4.03. The van der Waals surface area contributed by atoms with Gasteiger partial charge >= 0.3 is 12.2 Å². The summed E-state index contributed by atoms with van der Waals surface area (Å²) in [5.74, 6) is 0.589. The second-order valence-corrected chi connectivity index (χ2v) is 7.34. The Morgan fingerprint density at radius 3 is 2.84 bits per heavy atom. The van der Waals surface area contributed by atoms with Gasteiger partial charge in [0.25, 0.3) is 0 Å². The predicted octanol–water partition coefficient (Wildman–Crippen LogP) is 1.54. The first-order valence-electron chi connectivity index (χ1n) is 9.69. The maximum absolute atomic E-state index is 12.4. The van der Waals surface area contributed by atoms with E-state index >= 15 is 0 Å². The molecular formula is C20H19N7O4. The highest BCUT2D eigenvalue weighted by Gasteiger charge is 2.47. The summed E-state index contributed by atoms with van der Waals surface area (Å²) in [6.07, 6.45) is 1.01. The number of carbonyl (C=O) groups is 2. The summed E-state index contributed by atoms with van der Waals surface area (Å²) in [7, 11) is 3.05. The number of hydrogen-bond donors (Lipinski definition) is 1. The highest BCUT2D eigenvalue weighted by atomic mass is 16.6. The van der Waals surface area contributed by atoms with Crippen LogP contribution < -0.4 is 10.2 Å². The molecule has 31 heavy (non-hydrogen) atoms. The van der Waals surface area contributed by atoms with Crippen LogP contribution in [0.2, 0.25) is 0 Å². The van der Waals surface area contributed by atoms with Gasteiger partial charge in [0.2, 0.25) is 0 Å². The fourth-order valence-corrected chi connectivity index (χ4v) is 4.03. The van der Waals surface area contributed by atoms with Gasteiger partial charge in [-0.2, -0.15) is 0 Å². The Hall–Kier alpha value is -4.02. The number of methoxy groups -OCH3 is 1. The summed E-state index contributed by atoms with van der Waals surface area (Å²) < 4.78 is 11.6. The van der Waals surface area contributed by atoms with Gasteiger partial charge in [0.05, 0.1) is 25.4 Å². The van der Waals surface area contributed by atoms with Crippen LogP contribution in [0, 0.1) is 0 Å². The summed E-state index contributed by atoms with van der Waals surface area (Å²) in [5, 5.41) is 14.0. The standard InChI is InChI=1S/C20H19N7O4/c1-26-18(23-24-25-26)14-5-3-12(9-21-14)11-4-6-15-13(7-11)8-16-17(10-22-19(28)30-2)31-20(29)27(15)16/h3-7,9,16-17H,8,10H2,1-2H3,(H,22,28)/t16-,17-/m0/s1. The molecule has 0 spiro atoms. The molecule has 1 saturated heterocycles. The van der Waals surface area contributed by atoms with Crippen LogP contribution in [0.25, 0.3) is 22.6 Å². The van der Waals surface area contributed by atoms with E-state index in [1.807, 2.05) is 24.3 Å². The number of nitrogens with one attached hydrogen (secondary N) is 1. The minimum atomic E-state index is -0.555. The first-order chi connectivity index (χ1) is 15.0. The lowest BCUT2D eigenvalue weighted by molar-refractivity contribution is 0.123. The minimum Gasteiger partial charge on any atom is -0.453 e. The van der Waals surface area contributed by atoms with E-state index in [1.54, 1.807) is 22.8 Å². The SMILES string of the molecule is COC(=O)NC[C@@H]1OC(=O)N2c3ccc(-c4ccc(-c5nnnn5C)nc4)cc3C[C@@H]12. The average molecular weight is 421 g/mol. The second-order valence-electron chi connectivity index (χ2n) is 7.34. The number of hydrogen-bond acceptors (Lipinski definition) is 8. The number of anilines is 1. The van der Waals surface area contributed by atoms with Crippen LogP contribution in [0.15, 0.2) is 36.5 Å². The van der Waals surface area contributed by atoms with Crippen LogP contribution in [0.3, 0.4) is 0 Å². The van der Waals surface area contributed by atoms with E-state index in [0.29, 0.717) is 17.9 Å². The van der Waals surface area contributed by atoms with Crippen LogP contribution in [0.1, 0.15) is 5.56 Å². The summed E-state index contributed by atoms with van der Waals surface area (Å²) in [4.78, 5) is 29.9. The lowest BCUT2D eigenvalue weighted by atomic mass is 10.0. The first-order valence-corrected chi connectivity index (χ1v) is 9.69. The molecule has 3 aromatic rings. The zero-order valence-electron chi connectivity index (χ0n) is 16.8. The Kier molecular flexibility index (Phi) is 4.50. The lowest BCUT2D eigenvalue weighted by Crippen LogP contribution is -2.40. The van der Waals surface area contributed by atoms with E-state index in [2.05, 4.69) is 36.6 Å². The van der Waals surface area contributed by atoms with Crippen LogP contribution in [0.4, 0.5) is 15.3 Å². The number of aryl methyl sites for hydroxylation is 1. The average Bonchev–Trinajstić information content (AvgIpc) is 3.46. The molecule has 0 aliphatic carbocycles. The van der Waals surface area contributed by atoms with Gasteiger partial charge in [0.1, 0.15) is 11.8 Å². The Balaban J connectivity index is 1.37. The first kappa shape index (κ1) is 19.0. The zero-order valence-corrected chi connectivity index (χ0v) is 16.8. The molecule has 4 heterocycles. The van der Waals surface area contributed by atoms with Crippen molar-refractivity contribution < 1.29 is 19.1 Å². The maximum Gasteiger partial charge on any atom is 0.415 e. The molecule has 2 atom stereocenters. The molecule has 158 valence electrons. The molecule has 11 nitrogen and oxygen atoms in total. The highest BCUT2D eigenvalue weighted by Crippen LogP contribution is 2.40. The lowest BCUT2D eigenvalue weighted by Gasteiger charge is -2.16. The maximum atomic E-state index is 12.4. The molecule has 11 heteroatoms. The third kappa shape index (κ3) is 3.23. The number of tetrazole rings is 1. The van der Waals surface area contributed by atoms with Gasteiger partial charge in [-0.15, -0.1) is 5.10 Å². The van der Waals surface area contributed by atoms with E-state index in [0.717, 1.165) is 22.4 Å². The van der Waals surface area contributed by atoms with Crippen LogP contribution in [0.5, 0.6) is 0 Å². The molecule has 0 radical (unpaired) electrons. The Labute approximate surface area is 177 Å². The fraction of sp³-hybridized carbons (Fsp3) is 0.300. The normalized spacial score (nSPS) is 19.0. The number of nitrogens with zero attached hydrogens (tertiary/aromatic N) is 6. The summed E-state index contributed by atoms with van der Waals surface area (Å²) in [6, 6.07) is 9.60. The van der Waals surface area contributed by atoms with Gasteiger partial charge in [-0.25, -0.2) is 14.3 Å². The van der Waals surface area contributed by atoms with E-state index < -0.39 is 18.3 Å². The van der Waals surface area contributed by atoms with Crippen molar-refractivity contribution >= 4 is 17.9 Å². The van der Waals surface area contributed by atoms with Crippen molar-refractivity contribution in [3.8, 4) is 22.6 Å². The smallest absolute Gasteiger partial charge is 0.415 e. The zero-order chi connectivity index (χ0) is 21.5. The Morgan fingerprint density at radius 1 is 1.29 bits per heavy atom. The number of rotatable bonds is 4. The third-order valence-electron chi connectivity index (χ3n) is 5.56. The number of benzene rings is 1. The molecular weight excluding hydrogens is 402 g/mol. The molecule has 1 fully saturated rings. The molecule has 5 rings (SSSR count). The van der Waals surface area contributed by atoms with Crippen LogP contribution >= 0.6 is 0 Å². The van der Waals surface area contributed by atoms with Crippen molar-refractivity contribution in [3.63, 3.8) is 0 Å². The molecule has 1 N–H and O–H groups in total. The number of aromatic nitrogens is 5. The highest BCUT2D eigenvalue weighted by molar-refractivity contribution is 5.94. The van der Waals surface area contributed by atoms with Crippen molar-refractivity contribution in [2.45, 2.75) is 18.6 Å². The van der Waals surface area contributed by atoms with Gasteiger partial charge in [-0.05, 0) is 46.2 Å². The number of carbonyl (C=O) groups excluding carboxylic acids is 2. The summed E-state index contributed by atoms with van der Waals surface area (Å²) in [6.45, 7) is 0.197. The quantitative estimate of drug-likeness (QED) is 0.673. The third-order valence-corrected chi connectivity index (χ3v) is 5.56. The molecule has 2 aliphatic heterocycles. The van der Waals surface area contributed by atoms with E-state index in [9.17, 15) is 9.59 Å². The van der Waals surface area contributed by atoms with Gasteiger partial charge in [0.15, 0.2) is 5.82 Å². The number of amides is 2. The van der Waals surface area contributed by atoms with Crippen LogP contribution in [-0.4, -0.2) is 63.2 Å². The van der Waals surface area contributed by atoms with Crippen molar-refractivity contribution in [2.24, 2.45) is 7.05 Å². The molecule has 2 amide bonds. The van der Waals surface area contributed by atoms with Crippen molar-refractivity contribution in [1.82, 2.24) is 30.5 Å². The van der Waals surface area contributed by atoms with Gasteiger partial charge < -0.3 is 14.8 Å². The topological polar surface area (TPSA) is 124 Å². The van der Waals surface area contributed by atoms with Gasteiger partial charge in [-0.1, -0.05) is 12.1 Å². The van der Waals surface area contributed by atoms with E-state index in [4.69, 9.17) is 4.74 Å². The molecule has 2 aromatic heterocycles. The molecule has 0 saturated carbocycles. The molecule has 0 unspecified atom stereocenters. The van der Waals surface area contributed by atoms with E-state index in [-0.39, 0.29) is 12.6 Å². The van der Waals surface area contributed by atoms with E-state index in [1.165, 1.54) is 7.11 Å². The molecule has 0 bridgehead atoms. The van der Waals surface area contributed by atoms with Crippen molar-refractivity contribution in [2.75, 3.05) is 18.6 Å². The Morgan fingerprint density at radius 2 is 2.13 bits per heavy atom. The number of fused-ring (bicyclic) bond motifs is 3.